The average molecular weight is 652 g/mol. The molecule has 0 aliphatic heterocycles. The summed E-state index contributed by atoms with van der Waals surface area (Å²) in [6.45, 7) is 0. The third-order valence-electron chi connectivity index (χ3n) is 9.70. The SMILES string of the molecule is c1ccc(-c2nc(-c3ccc(-c4ccc5oc6c(-c7ccccc7)c7ccccc7cc6c5c4)cc3)nc(-c3ccc4ccccc4c3)n2)cc1. The van der Waals surface area contributed by atoms with E-state index in [9.17, 15) is 0 Å². The van der Waals surface area contributed by atoms with Crippen molar-refractivity contribution in [3.63, 3.8) is 0 Å². The van der Waals surface area contributed by atoms with E-state index >= 15 is 0 Å². The van der Waals surface area contributed by atoms with Gasteiger partial charge in [-0.05, 0) is 62.5 Å². The number of rotatable bonds is 5. The van der Waals surface area contributed by atoms with Crippen LogP contribution in [0.15, 0.2) is 180 Å². The van der Waals surface area contributed by atoms with E-state index in [2.05, 4.69) is 146 Å². The highest BCUT2D eigenvalue weighted by molar-refractivity contribution is 6.18. The lowest BCUT2D eigenvalue weighted by Gasteiger charge is -2.10. The van der Waals surface area contributed by atoms with Crippen LogP contribution in [0.4, 0.5) is 0 Å². The zero-order chi connectivity index (χ0) is 33.7. The monoisotopic (exact) mass is 651 g/mol. The van der Waals surface area contributed by atoms with Crippen LogP contribution < -0.4 is 0 Å². The molecule has 0 unspecified atom stereocenters. The number of hydrogen-bond acceptors (Lipinski definition) is 4. The molecule has 0 bridgehead atoms. The summed E-state index contributed by atoms with van der Waals surface area (Å²) in [6.07, 6.45) is 0. The number of furan rings is 1. The number of aromatic nitrogens is 3. The van der Waals surface area contributed by atoms with Crippen LogP contribution in [0, 0.1) is 0 Å². The fraction of sp³-hybridized carbons (Fsp3) is 0. The van der Waals surface area contributed by atoms with Gasteiger partial charge in [-0.2, -0.15) is 0 Å². The molecule has 2 aromatic heterocycles. The zero-order valence-electron chi connectivity index (χ0n) is 27.5. The lowest BCUT2D eigenvalue weighted by Crippen LogP contribution is -2.00. The third kappa shape index (κ3) is 5.13. The lowest BCUT2D eigenvalue weighted by molar-refractivity contribution is 0.670. The first-order valence-corrected chi connectivity index (χ1v) is 17.1. The summed E-state index contributed by atoms with van der Waals surface area (Å²) < 4.78 is 6.61. The van der Waals surface area contributed by atoms with E-state index < -0.39 is 0 Å². The summed E-state index contributed by atoms with van der Waals surface area (Å²) in [7, 11) is 0. The van der Waals surface area contributed by atoms with Crippen molar-refractivity contribution in [2.75, 3.05) is 0 Å². The fourth-order valence-electron chi connectivity index (χ4n) is 7.14. The Kier molecular flexibility index (Phi) is 6.78. The molecule has 0 atom stereocenters. The van der Waals surface area contributed by atoms with Gasteiger partial charge < -0.3 is 4.42 Å². The maximum atomic E-state index is 6.61. The Morgan fingerprint density at radius 1 is 0.314 bits per heavy atom. The maximum Gasteiger partial charge on any atom is 0.164 e. The summed E-state index contributed by atoms with van der Waals surface area (Å²) >= 11 is 0. The van der Waals surface area contributed by atoms with Gasteiger partial charge in [0, 0.05) is 33.0 Å². The Labute approximate surface area is 294 Å². The predicted octanol–water partition coefficient (Wildman–Crippen LogP) is 12.4. The minimum atomic E-state index is 0.634. The van der Waals surface area contributed by atoms with Gasteiger partial charge in [0.25, 0.3) is 0 Å². The van der Waals surface area contributed by atoms with Gasteiger partial charge in [0.1, 0.15) is 11.2 Å². The van der Waals surface area contributed by atoms with Gasteiger partial charge in [-0.25, -0.2) is 15.0 Å². The molecular formula is C47H29N3O. The predicted molar refractivity (Wildman–Crippen MR) is 209 cm³/mol. The average Bonchev–Trinajstić information content (AvgIpc) is 3.57. The van der Waals surface area contributed by atoms with Gasteiger partial charge in [0.05, 0.1) is 0 Å². The van der Waals surface area contributed by atoms with Crippen molar-refractivity contribution in [3.8, 4) is 56.4 Å². The van der Waals surface area contributed by atoms with E-state index in [1.54, 1.807) is 0 Å². The first-order chi connectivity index (χ1) is 25.2. The van der Waals surface area contributed by atoms with E-state index in [0.29, 0.717) is 17.5 Å². The van der Waals surface area contributed by atoms with Crippen molar-refractivity contribution >= 4 is 43.5 Å². The molecule has 0 aliphatic rings. The van der Waals surface area contributed by atoms with Crippen LogP contribution in [0.1, 0.15) is 0 Å². The minimum Gasteiger partial charge on any atom is -0.455 e. The molecule has 8 aromatic carbocycles. The van der Waals surface area contributed by atoms with Gasteiger partial charge in [-0.1, -0.05) is 152 Å². The molecule has 0 saturated heterocycles. The number of hydrogen-bond donors (Lipinski definition) is 0. The van der Waals surface area contributed by atoms with Gasteiger partial charge in [-0.3, -0.25) is 0 Å². The van der Waals surface area contributed by atoms with Crippen molar-refractivity contribution in [2.24, 2.45) is 0 Å². The largest absolute Gasteiger partial charge is 0.455 e. The first-order valence-electron chi connectivity index (χ1n) is 17.1. The van der Waals surface area contributed by atoms with E-state index in [-0.39, 0.29) is 0 Å². The molecule has 4 nitrogen and oxygen atoms in total. The summed E-state index contributed by atoms with van der Waals surface area (Å²) in [4.78, 5) is 14.9. The van der Waals surface area contributed by atoms with Crippen LogP contribution in [-0.4, -0.2) is 15.0 Å². The summed E-state index contributed by atoms with van der Waals surface area (Å²) in [5.41, 5.74) is 9.10. The molecule has 51 heavy (non-hydrogen) atoms. The Morgan fingerprint density at radius 3 is 1.61 bits per heavy atom. The van der Waals surface area contributed by atoms with Crippen molar-refractivity contribution in [1.29, 1.82) is 0 Å². The molecule has 0 amide bonds. The van der Waals surface area contributed by atoms with Crippen LogP contribution in [0.5, 0.6) is 0 Å². The minimum absolute atomic E-state index is 0.634. The summed E-state index contributed by atoms with van der Waals surface area (Å²) in [5, 5.41) is 6.91. The van der Waals surface area contributed by atoms with Crippen molar-refractivity contribution in [1.82, 2.24) is 15.0 Å². The highest BCUT2D eigenvalue weighted by Crippen LogP contribution is 2.42. The molecule has 0 fully saturated rings. The normalized spacial score (nSPS) is 11.5. The topological polar surface area (TPSA) is 51.8 Å². The molecule has 0 aliphatic carbocycles. The molecule has 2 heterocycles. The van der Waals surface area contributed by atoms with Crippen molar-refractivity contribution in [2.45, 2.75) is 0 Å². The second kappa shape index (κ2) is 11.9. The molecule has 0 spiro atoms. The van der Waals surface area contributed by atoms with Crippen LogP contribution in [0.25, 0.3) is 99.9 Å². The highest BCUT2D eigenvalue weighted by atomic mass is 16.3. The second-order valence-corrected chi connectivity index (χ2v) is 12.8. The van der Waals surface area contributed by atoms with Crippen LogP contribution in [0.3, 0.4) is 0 Å². The van der Waals surface area contributed by atoms with E-state index in [0.717, 1.165) is 66.3 Å². The van der Waals surface area contributed by atoms with E-state index in [1.165, 1.54) is 16.2 Å². The first kappa shape index (κ1) is 29.0. The molecule has 238 valence electrons. The molecule has 10 aromatic rings. The van der Waals surface area contributed by atoms with Crippen molar-refractivity contribution < 1.29 is 4.42 Å². The van der Waals surface area contributed by atoms with Gasteiger partial charge in [0.15, 0.2) is 17.5 Å². The fourth-order valence-corrected chi connectivity index (χ4v) is 7.14. The maximum absolute atomic E-state index is 6.61. The van der Waals surface area contributed by atoms with E-state index in [1.807, 2.05) is 30.3 Å². The van der Waals surface area contributed by atoms with Crippen LogP contribution in [-0.2, 0) is 0 Å². The number of fused-ring (bicyclic) bond motifs is 5. The van der Waals surface area contributed by atoms with Crippen LogP contribution in [0.2, 0.25) is 0 Å². The molecular weight excluding hydrogens is 623 g/mol. The Morgan fingerprint density at radius 2 is 0.863 bits per heavy atom. The molecule has 0 saturated carbocycles. The molecule has 0 N–H and O–H groups in total. The highest BCUT2D eigenvalue weighted by Gasteiger charge is 2.18. The third-order valence-corrected chi connectivity index (χ3v) is 9.70. The van der Waals surface area contributed by atoms with E-state index in [4.69, 9.17) is 19.4 Å². The van der Waals surface area contributed by atoms with Gasteiger partial charge in [-0.15, -0.1) is 0 Å². The van der Waals surface area contributed by atoms with Gasteiger partial charge in [0.2, 0.25) is 0 Å². The quantitative estimate of drug-likeness (QED) is 0.186. The van der Waals surface area contributed by atoms with Gasteiger partial charge >= 0.3 is 0 Å². The molecule has 4 heteroatoms. The number of nitrogens with zero attached hydrogens (tertiary/aromatic N) is 3. The number of benzene rings is 8. The molecule has 10 rings (SSSR count). The second-order valence-electron chi connectivity index (χ2n) is 12.8. The lowest BCUT2D eigenvalue weighted by atomic mass is 9.94. The summed E-state index contributed by atoms with van der Waals surface area (Å²) in [5.74, 6) is 1.93. The standard InChI is InChI=1S/C47H29N3O/c1-3-12-32(13-4-1)43-39-18-10-9-17-37(39)29-41-40-28-36(25-26-42(40)51-44(41)43)31-19-22-34(23-20-31)46-48-45(33-14-5-2-6-15-33)49-47(50-46)38-24-21-30-11-7-8-16-35(30)27-38/h1-29H. The van der Waals surface area contributed by atoms with Crippen LogP contribution >= 0.6 is 0 Å². The Hall–Kier alpha value is -6.91. The Bertz CT molecular complexity index is 2900. The summed E-state index contributed by atoms with van der Waals surface area (Å²) in [6, 6.07) is 61.1. The molecule has 0 radical (unpaired) electrons. The van der Waals surface area contributed by atoms with Crippen molar-refractivity contribution in [3.05, 3.63) is 176 Å². The smallest absolute Gasteiger partial charge is 0.164 e. The Balaban J connectivity index is 1.07. The zero-order valence-corrected chi connectivity index (χ0v) is 27.5.